The van der Waals surface area contributed by atoms with Gasteiger partial charge < -0.3 is 0 Å². The Morgan fingerprint density at radius 1 is 1.08 bits per heavy atom. The zero-order valence-electron chi connectivity index (χ0n) is 13.3. The molecule has 0 spiro atoms. The van der Waals surface area contributed by atoms with E-state index < -0.39 is 20.9 Å². The summed E-state index contributed by atoms with van der Waals surface area (Å²) < 4.78 is 52.7. The average molecular weight is 509 g/mol. The molecule has 0 radical (unpaired) electrons. The van der Waals surface area contributed by atoms with Crippen molar-refractivity contribution in [3.8, 4) is 16.9 Å². The van der Waals surface area contributed by atoms with Crippen LogP contribution < -0.4 is 0 Å². The van der Waals surface area contributed by atoms with Gasteiger partial charge in [-0.05, 0) is 76.7 Å². The lowest BCUT2D eigenvalue weighted by Gasteiger charge is -2.09. The Morgan fingerprint density at radius 3 is 2.15 bits per heavy atom. The van der Waals surface area contributed by atoms with Crippen LogP contribution in [0.4, 0.5) is 8.78 Å². The van der Waals surface area contributed by atoms with Crippen LogP contribution in [0.1, 0.15) is 5.69 Å². The van der Waals surface area contributed by atoms with Crippen LogP contribution >= 0.6 is 34.2 Å². The SMILES string of the molecule is CS(=O)(=O)c1ccc(-n2nc(C(F)(F)Cl)cc2-c2ccc(I)cc2)cc1. The van der Waals surface area contributed by atoms with E-state index in [2.05, 4.69) is 27.7 Å². The van der Waals surface area contributed by atoms with Crippen molar-refractivity contribution in [1.82, 2.24) is 9.78 Å². The molecule has 0 aliphatic carbocycles. The van der Waals surface area contributed by atoms with Crippen LogP contribution in [0.25, 0.3) is 16.9 Å². The lowest BCUT2D eigenvalue weighted by atomic mass is 10.1. The Bertz CT molecular complexity index is 1040. The minimum absolute atomic E-state index is 0.132. The normalized spacial score (nSPS) is 12.3. The number of sulfone groups is 1. The van der Waals surface area contributed by atoms with Gasteiger partial charge in [0.05, 0.1) is 16.3 Å². The Hall–Kier alpha value is -1.52. The van der Waals surface area contributed by atoms with Crippen molar-refractivity contribution in [2.75, 3.05) is 6.26 Å². The summed E-state index contributed by atoms with van der Waals surface area (Å²) in [5.41, 5.74) is 0.958. The molecular formula is C17H12ClF2IN2O2S. The molecule has 0 N–H and O–H groups in total. The summed E-state index contributed by atoms with van der Waals surface area (Å²) in [5, 5.41) is 0.311. The summed E-state index contributed by atoms with van der Waals surface area (Å²) >= 11 is 7.28. The molecule has 3 rings (SSSR count). The Labute approximate surface area is 167 Å². The fourth-order valence-corrected chi connectivity index (χ4v) is 3.46. The minimum atomic E-state index is -3.62. The molecule has 1 heterocycles. The summed E-state index contributed by atoms with van der Waals surface area (Å²) in [6, 6.07) is 14.3. The Morgan fingerprint density at radius 2 is 1.65 bits per heavy atom. The molecule has 0 saturated carbocycles. The number of rotatable bonds is 4. The summed E-state index contributed by atoms with van der Waals surface area (Å²) in [6.45, 7) is 0. The standard InChI is InChI=1S/C17H12ClF2IN2O2S/c1-26(24,25)14-8-6-13(7-9-14)23-15(10-16(22-23)17(18,19)20)11-2-4-12(21)5-3-11/h2-10H,1H3. The van der Waals surface area contributed by atoms with E-state index >= 15 is 0 Å². The van der Waals surface area contributed by atoms with Crippen molar-refractivity contribution in [3.05, 3.63) is 63.9 Å². The van der Waals surface area contributed by atoms with Crippen LogP contribution in [0.5, 0.6) is 0 Å². The second kappa shape index (κ2) is 6.90. The van der Waals surface area contributed by atoms with Crippen LogP contribution in [-0.4, -0.2) is 24.5 Å². The number of halogens is 4. The van der Waals surface area contributed by atoms with Crippen molar-refractivity contribution in [1.29, 1.82) is 0 Å². The third-order valence-electron chi connectivity index (χ3n) is 3.65. The van der Waals surface area contributed by atoms with Crippen molar-refractivity contribution in [3.63, 3.8) is 0 Å². The highest BCUT2D eigenvalue weighted by atomic mass is 127. The maximum Gasteiger partial charge on any atom is 0.366 e. The van der Waals surface area contributed by atoms with Gasteiger partial charge in [0.1, 0.15) is 5.69 Å². The van der Waals surface area contributed by atoms with Crippen molar-refractivity contribution >= 4 is 44.0 Å². The van der Waals surface area contributed by atoms with E-state index in [0.717, 1.165) is 9.83 Å². The van der Waals surface area contributed by atoms with Gasteiger partial charge in [0.25, 0.3) is 0 Å². The van der Waals surface area contributed by atoms with Crippen LogP contribution in [0, 0.1) is 3.57 Å². The van der Waals surface area contributed by atoms with Gasteiger partial charge in [-0.1, -0.05) is 12.1 Å². The molecule has 4 nitrogen and oxygen atoms in total. The van der Waals surface area contributed by atoms with E-state index in [4.69, 9.17) is 11.6 Å². The third kappa shape index (κ3) is 4.07. The number of nitrogens with zero attached hydrogens (tertiary/aromatic N) is 2. The zero-order chi connectivity index (χ0) is 19.1. The van der Waals surface area contributed by atoms with E-state index in [0.29, 0.717) is 16.9 Å². The molecule has 0 fully saturated rings. The first kappa shape index (κ1) is 19.2. The lowest BCUT2D eigenvalue weighted by Crippen LogP contribution is -2.06. The first-order valence-electron chi connectivity index (χ1n) is 7.29. The van der Waals surface area contributed by atoms with Gasteiger partial charge in [0, 0.05) is 15.4 Å². The molecule has 26 heavy (non-hydrogen) atoms. The van der Waals surface area contributed by atoms with Crippen LogP contribution in [-0.2, 0) is 15.2 Å². The molecule has 0 unspecified atom stereocenters. The second-order valence-corrected chi connectivity index (χ2v) is 9.33. The highest BCUT2D eigenvalue weighted by molar-refractivity contribution is 14.1. The van der Waals surface area contributed by atoms with Gasteiger partial charge in [-0.3, -0.25) is 0 Å². The maximum atomic E-state index is 13.6. The lowest BCUT2D eigenvalue weighted by molar-refractivity contribution is 0.0895. The van der Waals surface area contributed by atoms with E-state index in [-0.39, 0.29) is 4.90 Å². The Balaban J connectivity index is 2.16. The number of aromatic nitrogens is 2. The van der Waals surface area contributed by atoms with Crippen molar-refractivity contribution in [2.45, 2.75) is 10.3 Å². The van der Waals surface area contributed by atoms with Crippen molar-refractivity contribution < 1.29 is 17.2 Å². The molecule has 136 valence electrons. The van der Waals surface area contributed by atoms with Crippen LogP contribution in [0.3, 0.4) is 0 Å². The second-order valence-electron chi connectivity index (χ2n) is 5.60. The quantitative estimate of drug-likeness (QED) is 0.375. The van der Waals surface area contributed by atoms with E-state index in [9.17, 15) is 17.2 Å². The first-order chi connectivity index (χ1) is 12.1. The fourth-order valence-electron chi connectivity index (χ4n) is 2.38. The number of hydrogen-bond acceptors (Lipinski definition) is 3. The molecule has 0 atom stereocenters. The molecule has 0 aliphatic heterocycles. The molecule has 0 amide bonds. The monoisotopic (exact) mass is 508 g/mol. The van der Waals surface area contributed by atoms with Gasteiger partial charge in [-0.2, -0.15) is 13.9 Å². The van der Waals surface area contributed by atoms with E-state index in [1.807, 2.05) is 12.1 Å². The topological polar surface area (TPSA) is 52.0 Å². The van der Waals surface area contributed by atoms with Gasteiger partial charge in [0.15, 0.2) is 9.84 Å². The zero-order valence-corrected chi connectivity index (χ0v) is 17.1. The molecule has 0 saturated heterocycles. The van der Waals surface area contributed by atoms with Gasteiger partial charge in [0.2, 0.25) is 0 Å². The summed E-state index contributed by atoms with van der Waals surface area (Å²) in [7, 11) is -3.36. The van der Waals surface area contributed by atoms with E-state index in [1.54, 1.807) is 12.1 Å². The Kier molecular flexibility index (Phi) is 5.11. The average Bonchev–Trinajstić information content (AvgIpc) is 3.00. The summed E-state index contributed by atoms with van der Waals surface area (Å²) in [6.07, 6.45) is 1.10. The number of alkyl halides is 3. The molecule has 0 bridgehead atoms. The molecular weight excluding hydrogens is 497 g/mol. The minimum Gasteiger partial charge on any atom is -0.233 e. The van der Waals surface area contributed by atoms with Gasteiger partial charge in [-0.15, -0.1) is 0 Å². The highest BCUT2D eigenvalue weighted by Crippen LogP contribution is 2.35. The molecule has 2 aromatic carbocycles. The summed E-state index contributed by atoms with van der Waals surface area (Å²) in [4.78, 5) is 0.132. The van der Waals surface area contributed by atoms with Crippen LogP contribution in [0.15, 0.2) is 59.5 Å². The molecule has 9 heteroatoms. The molecule has 3 aromatic rings. The van der Waals surface area contributed by atoms with E-state index in [1.165, 1.54) is 35.0 Å². The fraction of sp³-hybridized carbons (Fsp3) is 0.118. The highest BCUT2D eigenvalue weighted by Gasteiger charge is 2.32. The summed E-state index contributed by atoms with van der Waals surface area (Å²) in [5.74, 6) is 0. The molecule has 1 aromatic heterocycles. The molecule has 0 aliphatic rings. The van der Waals surface area contributed by atoms with Gasteiger partial charge in [-0.25, -0.2) is 13.1 Å². The number of benzene rings is 2. The van der Waals surface area contributed by atoms with Crippen LogP contribution in [0.2, 0.25) is 0 Å². The predicted octanol–water partition coefficient (Wildman–Crippen LogP) is 4.84. The number of hydrogen-bond donors (Lipinski definition) is 0. The smallest absolute Gasteiger partial charge is 0.233 e. The first-order valence-corrected chi connectivity index (χ1v) is 10.6. The largest absolute Gasteiger partial charge is 0.366 e. The predicted molar refractivity (Wildman–Crippen MR) is 105 cm³/mol. The third-order valence-corrected chi connectivity index (χ3v) is 5.69. The van der Waals surface area contributed by atoms with Gasteiger partial charge >= 0.3 is 5.38 Å². The van der Waals surface area contributed by atoms with Crippen molar-refractivity contribution in [2.24, 2.45) is 0 Å². The maximum absolute atomic E-state index is 13.6.